The van der Waals surface area contributed by atoms with Crippen LogP contribution in [0, 0.1) is 5.92 Å². The van der Waals surface area contributed by atoms with Crippen molar-refractivity contribution in [3.63, 3.8) is 0 Å². The molecule has 5 heteroatoms. The molecule has 0 heterocycles. The maximum Gasteiger partial charge on any atom is 0.239 e. The third-order valence-corrected chi connectivity index (χ3v) is 3.52. The molecule has 5 nitrogen and oxygen atoms in total. The molecule has 0 aliphatic heterocycles. The monoisotopic (exact) mass is 269 g/mol. The van der Waals surface area contributed by atoms with Crippen LogP contribution in [-0.4, -0.2) is 38.0 Å². The predicted molar refractivity (Wildman–Crippen MR) is 75.8 cm³/mol. The van der Waals surface area contributed by atoms with Gasteiger partial charge in [-0.05, 0) is 25.3 Å². The van der Waals surface area contributed by atoms with E-state index in [4.69, 9.17) is 0 Å². The highest BCUT2D eigenvalue weighted by Crippen LogP contribution is 2.25. The first-order chi connectivity index (χ1) is 9.22. The van der Waals surface area contributed by atoms with Crippen LogP contribution in [0.15, 0.2) is 0 Å². The van der Waals surface area contributed by atoms with Crippen molar-refractivity contribution in [2.75, 3.05) is 26.2 Å². The zero-order valence-electron chi connectivity index (χ0n) is 12.0. The lowest BCUT2D eigenvalue weighted by Gasteiger charge is -2.20. The van der Waals surface area contributed by atoms with Gasteiger partial charge in [-0.3, -0.25) is 9.59 Å². The Morgan fingerprint density at radius 3 is 2.42 bits per heavy atom. The van der Waals surface area contributed by atoms with Crippen LogP contribution < -0.4 is 16.0 Å². The van der Waals surface area contributed by atoms with Gasteiger partial charge in [-0.2, -0.15) is 0 Å². The van der Waals surface area contributed by atoms with Crippen molar-refractivity contribution >= 4 is 11.8 Å². The topological polar surface area (TPSA) is 70.2 Å². The Bertz CT molecular complexity index is 276. The van der Waals surface area contributed by atoms with Gasteiger partial charge in [0.25, 0.3) is 0 Å². The highest BCUT2D eigenvalue weighted by atomic mass is 16.2. The van der Waals surface area contributed by atoms with Crippen molar-refractivity contribution in [1.82, 2.24) is 16.0 Å². The van der Waals surface area contributed by atoms with Crippen molar-refractivity contribution in [2.24, 2.45) is 5.92 Å². The molecule has 1 aliphatic rings. The molecule has 1 aliphatic carbocycles. The average molecular weight is 269 g/mol. The van der Waals surface area contributed by atoms with E-state index in [0.29, 0.717) is 18.9 Å². The minimum atomic E-state index is -0.116. The van der Waals surface area contributed by atoms with Crippen LogP contribution in [0.25, 0.3) is 0 Å². The lowest BCUT2D eigenvalue weighted by atomic mass is 9.87. The molecule has 0 bridgehead atoms. The molecule has 1 rings (SSSR count). The molecule has 0 unspecified atom stereocenters. The van der Waals surface area contributed by atoms with E-state index in [1.54, 1.807) is 0 Å². The lowest BCUT2D eigenvalue weighted by molar-refractivity contribution is -0.126. The molecule has 0 aromatic heterocycles. The fourth-order valence-electron chi connectivity index (χ4n) is 2.43. The van der Waals surface area contributed by atoms with Gasteiger partial charge in [-0.15, -0.1) is 0 Å². The smallest absolute Gasteiger partial charge is 0.239 e. The molecule has 0 atom stereocenters. The van der Waals surface area contributed by atoms with E-state index in [2.05, 4.69) is 16.0 Å². The van der Waals surface area contributed by atoms with E-state index in [0.717, 1.165) is 25.9 Å². The Labute approximate surface area is 115 Å². The van der Waals surface area contributed by atoms with E-state index in [9.17, 15) is 9.59 Å². The summed E-state index contributed by atoms with van der Waals surface area (Å²) in [7, 11) is 0. The van der Waals surface area contributed by atoms with Crippen molar-refractivity contribution in [2.45, 2.75) is 45.4 Å². The zero-order chi connectivity index (χ0) is 13.9. The standard InChI is InChI=1S/C14H27N3O2/c1-2-15-8-9-16-14(19)11-17-13(18)10-12-6-4-3-5-7-12/h12,15H,2-11H2,1H3,(H,16,19)(H,17,18). The van der Waals surface area contributed by atoms with Crippen molar-refractivity contribution in [3.05, 3.63) is 0 Å². The summed E-state index contributed by atoms with van der Waals surface area (Å²) in [5, 5.41) is 8.58. The van der Waals surface area contributed by atoms with Crippen LogP contribution in [0.5, 0.6) is 0 Å². The summed E-state index contributed by atoms with van der Waals surface area (Å²) < 4.78 is 0. The SMILES string of the molecule is CCNCCNC(=O)CNC(=O)CC1CCCCC1. The number of amides is 2. The van der Waals surface area contributed by atoms with Crippen LogP contribution in [0.2, 0.25) is 0 Å². The fraction of sp³-hybridized carbons (Fsp3) is 0.857. The van der Waals surface area contributed by atoms with Gasteiger partial charge in [0.1, 0.15) is 0 Å². The van der Waals surface area contributed by atoms with Crippen molar-refractivity contribution < 1.29 is 9.59 Å². The number of nitrogens with one attached hydrogen (secondary N) is 3. The van der Waals surface area contributed by atoms with Crippen LogP contribution in [0.1, 0.15) is 45.4 Å². The molecule has 0 aromatic carbocycles. The first-order valence-corrected chi connectivity index (χ1v) is 7.46. The summed E-state index contributed by atoms with van der Waals surface area (Å²) in [4.78, 5) is 23.1. The summed E-state index contributed by atoms with van der Waals surface area (Å²) >= 11 is 0. The Morgan fingerprint density at radius 2 is 1.74 bits per heavy atom. The predicted octanol–water partition coefficient (Wildman–Crippen LogP) is 0.799. The number of likely N-dealkylation sites (N-methyl/N-ethyl adjacent to an activating group) is 1. The molecule has 0 aromatic rings. The van der Waals surface area contributed by atoms with Gasteiger partial charge in [0, 0.05) is 19.5 Å². The first-order valence-electron chi connectivity index (χ1n) is 7.46. The molecular weight excluding hydrogens is 242 g/mol. The quantitative estimate of drug-likeness (QED) is 0.571. The largest absolute Gasteiger partial charge is 0.353 e. The molecule has 110 valence electrons. The molecule has 3 N–H and O–H groups in total. The van der Waals surface area contributed by atoms with Crippen LogP contribution in [-0.2, 0) is 9.59 Å². The van der Waals surface area contributed by atoms with Crippen LogP contribution in [0.4, 0.5) is 0 Å². The third-order valence-electron chi connectivity index (χ3n) is 3.52. The highest BCUT2D eigenvalue weighted by Gasteiger charge is 2.17. The Balaban J connectivity index is 2.03. The number of hydrogen-bond acceptors (Lipinski definition) is 3. The first kappa shape index (κ1) is 16.0. The fourth-order valence-corrected chi connectivity index (χ4v) is 2.43. The van der Waals surface area contributed by atoms with Crippen molar-refractivity contribution in [1.29, 1.82) is 0 Å². The summed E-state index contributed by atoms with van der Waals surface area (Å²) in [6.45, 7) is 4.38. The molecule has 0 radical (unpaired) electrons. The Kier molecular flexibility index (Phi) is 8.21. The second-order valence-electron chi connectivity index (χ2n) is 5.19. The van der Waals surface area contributed by atoms with Gasteiger partial charge in [0.2, 0.25) is 11.8 Å². The second-order valence-corrected chi connectivity index (χ2v) is 5.19. The van der Waals surface area contributed by atoms with Gasteiger partial charge >= 0.3 is 0 Å². The van der Waals surface area contributed by atoms with Crippen molar-refractivity contribution in [3.8, 4) is 0 Å². The summed E-state index contributed by atoms with van der Waals surface area (Å²) in [6.07, 6.45) is 6.66. The maximum absolute atomic E-state index is 11.7. The minimum Gasteiger partial charge on any atom is -0.353 e. The third kappa shape index (κ3) is 7.82. The number of carbonyl (C=O) groups excluding carboxylic acids is 2. The zero-order valence-corrected chi connectivity index (χ0v) is 12.0. The highest BCUT2D eigenvalue weighted by molar-refractivity contribution is 5.84. The molecule has 1 fully saturated rings. The molecule has 0 saturated heterocycles. The summed E-state index contributed by atoms with van der Waals surface area (Å²) in [5.74, 6) is 0.411. The van der Waals surface area contributed by atoms with E-state index >= 15 is 0 Å². The molecule has 19 heavy (non-hydrogen) atoms. The van der Waals surface area contributed by atoms with Gasteiger partial charge < -0.3 is 16.0 Å². The normalized spacial score (nSPS) is 16.1. The Morgan fingerprint density at radius 1 is 1.00 bits per heavy atom. The van der Waals surface area contributed by atoms with E-state index in [1.807, 2.05) is 6.92 Å². The Hall–Kier alpha value is -1.10. The minimum absolute atomic E-state index is 0.00809. The maximum atomic E-state index is 11.7. The summed E-state index contributed by atoms with van der Waals surface area (Å²) in [6, 6.07) is 0. The average Bonchev–Trinajstić information content (AvgIpc) is 2.42. The van der Waals surface area contributed by atoms with Gasteiger partial charge in [0.15, 0.2) is 0 Å². The number of carbonyl (C=O) groups is 2. The second kappa shape index (κ2) is 9.78. The number of hydrogen-bond donors (Lipinski definition) is 3. The van der Waals surface area contributed by atoms with E-state index < -0.39 is 0 Å². The molecule has 0 spiro atoms. The molecule has 2 amide bonds. The molecule has 1 saturated carbocycles. The van der Waals surface area contributed by atoms with Crippen LogP contribution in [0.3, 0.4) is 0 Å². The lowest BCUT2D eigenvalue weighted by Crippen LogP contribution is -2.40. The van der Waals surface area contributed by atoms with Gasteiger partial charge in [-0.25, -0.2) is 0 Å². The number of rotatable bonds is 8. The van der Waals surface area contributed by atoms with E-state index in [1.165, 1.54) is 19.3 Å². The van der Waals surface area contributed by atoms with E-state index in [-0.39, 0.29) is 18.4 Å². The van der Waals surface area contributed by atoms with Gasteiger partial charge in [-0.1, -0.05) is 26.2 Å². The van der Waals surface area contributed by atoms with Crippen LogP contribution >= 0.6 is 0 Å². The summed E-state index contributed by atoms with van der Waals surface area (Å²) in [5.41, 5.74) is 0. The molecular formula is C14H27N3O2. The van der Waals surface area contributed by atoms with Gasteiger partial charge in [0.05, 0.1) is 6.54 Å².